The van der Waals surface area contributed by atoms with Gasteiger partial charge in [0.2, 0.25) is 0 Å². The molecule has 0 saturated carbocycles. The summed E-state index contributed by atoms with van der Waals surface area (Å²) in [5, 5.41) is 18.6. The third-order valence-electron chi connectivity index (χ3n) is 1.94. The van der Waals surface area contributed by atoms with Crippen LogP contribution in [-0.2, 0) is 0 Å². The number of aliphatic hydroxyl groups excluding tert-OH is 1. The van der Waals surface area contributed by atoms with Crippen LogP contribution in [0, 0.1) is 5.82 Å². The molecule has 5 heteroatoms. The van der Waals surface area contributed by atoms with Crippen molar-refractivity contribution in [2.45, 2.75) is 19.1 Å². The predicted molar refractivity (Wildman–Crippen MR) is 51.7 cm³/mol. The molecule has 0 aliphatic heterocycles. The summed E-state index contributed by atoms with van der Waals surface area (Å²) < 4.78 is 13.0. The fourth-order valence-corrected chi connectivity index (χ4v) is 1.31. The zero-order chi connectivity index (χ0) is 10.9. The lowest BCUT2D eigenvalue weighted by atomic mass is 10.0. The lowest BCUT2D eigenvalue weighted by Crippen LogP contribution is -2.23. The number of hydrogen-bond donors (Lipinski definition) is 3. The van der Waals surface area contributed by atoms with Crippen LogP contribution < -0.4 is 5.73 Å². The Kier molecular flexibility index (Phi) is 3.31. The van der Waals surface area contributed by atoms with E-state index in [1.807, 2.05) is 0 Å². The molecule has 0 bridgehead atoms. The average Bonchev–Trinajstić information content (AvgIpc) is 2.09. The third kappa shape index (κ3) is 2.15. The number of aromatic hydroxyl groups is 1. The maximum absolute atomic E-state index is 13.0. The number of halogens is 2. The van der Waals surface area contributed by atoms with Crippen molar-refractivity contribution in [1.82, 2.24) is 0 Å². The normalized spacial score (nSPS) is 15.2. The van der Waals surface area contributed by atoms with Gasteiger partial charge < -0.3 is 15.9 Å². The van der Waals surface area contributed by atoms with E-state index in [0.717, 1.165) is 6.07 Å². The number of rotatable bonds is 2. The molecule has 1 rings (SSSR count). The first-order valence-electron chi connectivity index (χ1n) is 4.05. The van der Waals surface area contributed by atoms with Crippen LogP contribution in [0.2, 0.25) is 5.02 Å². The number of hydrogen-bond acceptors (Lipinski definition) is 3. The Bertz CT molecular complexity index is 344. The molecular weight excluding hydrogens is 209 g/mol. The molecule has 4 N–H and O–H groups in total. The fraction of sp³-hybridized carbons (Fsp3) is 0.333. The number of aliphatic hydroxyl groups is 1. The molecule has 0 amide bonds. The predicted octanol–water partition coefficient (Wildman–Crippen LogP) is 1.57. The smallest absolute Gasteiger partial charge is 0.166 e. The number of nitrogens with two attached hydrogens (primary N) is 1. The molecule has 2 atom stereocenters. The van der Waals surface area contributed by atoms with E-state index >= 15 is 0 Å². The maximum atomic E-state index is 13.0. The molecule has 14 heavy (non-hydrogen) atoms. The first-order chi connectivity index (χ1) is 6.43. The first kappa shape index (κ1) is 11.2. The summed E-state index contributed by atoms with van der Waals surface area (Å²) in [6.07, 6.45) is -0.890. The molecule has 0 fully saturated rings. The molecule has 3 nitrogen and oxygen atoms in total. The summed E-state index contributed by atoms with van der Waals surface area (Å²) in [5.41, 5.74) is 5.64. The zero-order valence-electron chi connectivity index (χ0n) is 7.54. The summed E-state index contributed by atoms with van der Waals surface area (Å²) in [6.45, 7) is 1.45. The lowest BCUT2D eigenvalue weighted by Gasteiger charge is -2.16. The second kappa shape index (κ2) is 4.13. The molecule has 0 aliphatic rings. The van der Waals surface area contributed by atoms with Crippen LogP contribution in [0.5, 0.6) is 5.75 Å². The van der Waals surface area contributed by atoms with Gasteiger partial charge in [-0.1, -0.05) is 11.6 Å². The largest absolute Gasteiger partial charge is 0.505 e. The minimum Gasteiger partial charge on any atom is -0.505 e. The second-order valence-corrected chi connectivity index (χ2v) is 3.53. The molecule has 1 aromatic rings. The van der Waals surface area contributed by atoms with Gasteiger partial charge in [-0.05, 0) is 19.1 Å². The highest BCUT2D eigenvalue weighted by atomic mass is 35.5. The van der Waals surface area contributed by atoms with Crippen molar-refractivity contribution in [3.8, 4) is 5.75 Å². The highest BCUT2D eigenvalue weighted by Gasteiger charge is 2.19. The van der Waals surface area contributed by atoms with Crippen LogP contribution in [0.1, 0.15) is 18.5 Å². The van der Waals surface area contributed by atoms with Crippen molar-refractivity contribution in [2.24, 2.45) is 5.73 Å². The Morgan fingerprint density at radius 2 is 2.07 bits per heavy atom. The molecule has 0 heterocycles. The topological polar surface area (TPSA) is 66.5 Å². The van der Waals surface area contributed by atoms with Crippen LogP contribution >= 0.6 is 11.6 Å². The first-order valence-corrected chi connectivity index (χ1v) is 4.43. The van der Waals surface area contributed by atoms with E-state index in [4.69, 9.17) is 17.3 Å². The Labute approximate surface area is 85.9 Å². The summed E-state index contributed by atoms with van der Waals surface area (Å²) in [4.78, 5) is 0. The van der Waals surface area contributed by atoms with E-state index < -0.39 is 23.7 Å². The van der Waals surface area contributed by atoms with E-state index in [-0.39, 0.29) is 10.6 Å². The zero-order valence-corrected chi connectivity index (χ0v) is 8.29. The lowest BCUT2D eigenvalue weighted by molar-refractivity contribution is 0.162. The van der Waals surface area contributed by atoms with Gasteiger partial charge in [0.15, 0.2) is 11.6 Å². The molecule has 1 aromatic carbocycles. The van der Waals surface area contributed by atoms with Crippen LogP contribution in [0.25, 0.3) is 0 Å². The van der Waals surface area contributed by atoms with Gasteiger partial charge in [0.1, 0.15) is 0 Å². The molecule has 0 saturated heterocycles. The second-order valence-electron chi connectivity index (χ2n) is 3.09. The van der Waals surface area contributed by atoms with Crippen LogP contribution in [0.15, 0.2) is 12.1 Å². The van der Waals surface area contributed by atoms with Gasteiger partial charge in [-0.3, -0.25) is 0 Å². The van der Waals surface area contributed by atoms with Gasteiger partial charge in [-0.2, -0.15) is 0 Å². The van der Waals surface area contributed by atoms with E-state index in [1.165, 1.54) is 13.0 Å². The minimum atomic E-state index is -0.890. The van der Waals surface area contributed by atoms with Crippen molar-refractivity contribution in [3.63, 3.8) is 0 Å². The Morgan fingerprint density at radius 3 is 2.57 bits per heavy atom. The SMILES string of the molecule is C[C@@H](O)[C@@H](N)c1cc(Cl)cc(F)c1O. The maximum Gasteiger partial charge on any atom is 0.166 e. The van der Waals surface area contributed by atoms with E-state index in [1.54, 1.807) is 0 Å². The van der Waals surface area contributed by atoms with Crippen molar-refractivity contribution in [1.29, 1.82) is 0 Å². The Hall–Kier alpha value is -0.840. The minimum absolute atomic E-state index is 0.102. The van der Waals surface area contributed by atoms with Gasteiger partial charge in [-0.25, -0.2) is 4.39 Å². The summed E-state index contributed by atoms with van der Waals surface area (Å²) in [7, 11) is 0. The van der Waals surface area contributed by atoms with E-state index in [9.17, 15) is 14.6 Å². The molecule has 0 aromatic heterocycles. The summed E-state index contributed by atoms with van der Waals surface area (Å²) in [6, 6.07) is 1.45. The molecule has 0 spiro atoms. The number of phenolic OH excluding ortho intramolecular Hbond substituents is 1. The third-order valence-corrected chi connectivity index (χ3v) is 2.15. The molecule has 0 radical (unpaired) electrons. The summed E-state index contributed by atoms with van der Waals surface area (Å²) >= 11 is 5.58. The standard InChI is InChI=1S/C9H11ClFNO2/c1-4(13)8(12)6-2-5(10)3-7(11)9(6)14/h2-4,8,13-14H,12H2,1H3/t4-,8-/m1/s1. The van der Waals surface area contributed by atoms with Crippen molar-refractivity contribution < 1.29 is 14.6 Å². The Balaban J connectivity index is 3.20. The highest BCUT2D eigenvalue weighted by molar-refractivity contribution is 6.30. The van der Waals surface area contributed by atoms with E-state index in [2.05, 4.69) is 0 Å². The number of phenols is 1. The molecule has 0 aliphatic carbocycles. The summed E-state index contributed by atoms with van der Waals surface area (Å²) in [5.74, 6) is -1.41. The van der Waals surface area contributed by atoms with Crippen molar-refractivity contribution >= 4 is 11.6 Å². The fourth-order valence-electron chi connectivity index (χ4n) is 1.10. The highest BCUT2D eigenvalue weighted by Crippen LogP contribution is 2.30. The van der Waals surface area contributed by atoms with Gasteiger partial charge in [0.25, 0.3) is 0 Å². The molecular formula is C9H11ClFNO2. The Morgan fingerprint density at radius 1 is 1.50 bits per heavy atom. The van der Waals surface area contributed by atoms with Crippen molar-refractivity contribution in [3.05, 3.63) is 28.5 Å². The average molecular weight is 220 g/mol. The van der Waals surface area contributed by atoms with Crippen LogP contribution in [0.3, 0.4) is 0 Å². The van der Waals surface area contributed by atoms with Crippen LogP contribution in [0.4, 0.5) is 4.39 Å². The van der Waals surface area contributed by atoms with Gasteiger partial charge in [0.05, 0.1) is 12.1 Å². The van der Waals surface area contributed by atoms with Gasteiger partial charge in [-0.15, -0.1) is 0 Å². The monoisotopic (exact) mass is 219 g/mol. The van der Waals surface area contributed by atoms with Crippen LogP contribution in [-0.4, -0.2) is 16.3 Å². The molecule has 78 valence electrons. The van der Waals surface area contributed by atoms with Crippen molar-refractivity contribution in [2.75, 3.05) is 0 Å². The quantitative estimate of drug-likeness (QED) is 0.707. The van der Waals surface area contributed by atoms with Gasteiger partial charge >= 0.3 is 0 Å². The van der Waals surface area contributed by atoms with Gasteiger partial charge in [0, 0.05) is 10.6 Å². The molecule has 0 unspecified atom stereocenters. The number of benzene rings is 1. The van der Waals surface area contributed by atoms with E-state index in [0.29, 0.717) is 0 Å².